The quantitative estimate of drug-likeness (QED) is 0.410. The maximum absolute atomic E-state index is 13.6. The number of nitrogens with zero attached hydrogens (tertiary/aromatic N) is 5. The normalized spacial score (nSPS) is 15.6. The fourth-order valence-corrected chi connectivity index (χ4v) is 6.51. The van der Waals surface area contributed by atoms with Gasteiger partial charge in [-0.2, -0.15) is 0 Å². The standard InChI is InChI=1S/C34H44N6O2/c1-7-31(41)39-18-16-38(17-19-39)30-20-27(33(42)35-22-34(3,4)23-37(5)6)36-28-21-40(15-14-26(28)30)29-13-9-12-25-11-8-10-24(2)32(25)29/h7-13,20H,1,14-19,21-23H2,2-6H3,(H,35,42). The van der Waals surface area contributed by atoms with Crippen molar-refractivity contribution in [1.82, 2.24) is 20.1 Å². The van der Waals surface area contributed by atoms with Gasteiger partial charge in [0, 0.05) is 68.1 Å². The van der Waals surface area contributed by atoms with Crippen molar-refractivity contribution in [2.75, 3.05) is 69.7 Å². The Kier molecular flexibility index (Phi) is 8.55. The van der Waals surface area contributed by atoms with Gasteiger partial charge in [0.1, 0.15) is 5.69 Å². The summed E-state index contributed by atoms with van der Waals surface area (Å²) >= 11 is 0. The summed E-state index contributed by atoms with van der Waals surface area (Å²) in [6, 6.07) is 14.9. The van der Waals surface area contributed by atoms with Crippen molar-refractivity contribution in [2.24, 2.45) is 5.41 Å². The molecule has 0 spiro atoms. The van der Waals surface area contributed by atoms with Gasteiger partial charge in [0.05, 0.1) is 12.2 Å². The molecule has 0 saturated carbocycles. The van der Waals surface area contributed by atoms with Crippen molar-refractivity contribution in [3.63, 3.8) is 0 Å². The molecule has 3 heterocycles. The lowest BCUT2D eigenvalue weighted by atomic mass is 9.93. The van der Waals surface area contributed by atoms with E-state index in [1.807, 2.05) is 25.1 Å². The molecular weight excluding hydrogens is 524 g/mol. The lowest BCUT2D eigenvalue weighted by molar-refractivity contribution is -0.126. The molecule has 3 aromatic rings. The second-order valence-electron chi connectivity index (χ2n) is 12.7. The van der Waals surface area contributed by atoms with Crippen LogP contribution in [0.2, 0.25) is 0 Å². The molecule has 1 aromatic heterocycles. The highest BCUT2D eigenvalue weighted by Gasteiger charge is 2.29. The number of aryl methyl sites for hydroxylation is 1. The maximum atomic E-state index is 13.6. The molecule has 1 N–H and O–H groups in total. The van der Waals surface area contributed by atoms with Crippen LogP contribution in [-0.4, -0.2) is 86.5 Å². The number of aromatic nitrogens is 1. The van der Waals surface area contributed by atoms with Crippen LogP contribution in [0.5, 0.6) is 0 Å². The first-order valence-corrected chi connectivity index (χ1v) is 14.9. The van der Waals surface area contributed by atoms with Crippen molar-refractivity contribution in [1.29, 1.82) is 0 Å². The Morgan fingerprint density at radius 2 is 1.74 bits per heavy atom. The molecular formula is C34H44N6O2. The predicted octanol–water partition coefficient (Wildman–Crippen LogP) is 4.26. The number of rotatable bonds is 8. The number of piperazine rings is 1. The fraction of sp³-hybridized carbons (Fsp3) is 0.441. The molecule has 2 aromatic carbocycles. The van der Waals surface area contributed by atoms with Crippen LogP contribution in [0.3, 0.4) is 0 Å². The van der Waals surface area contributed by atoms with E-state index in [4.69, 9.17) is 4.98 Å². The summed E-state index contributed by atoms with van der Waals surface area (Å²) in [6.07, 6.45) is 2.22. The van der Waals surface area contributed by atoms with Crippen LogP contribution >= 0.6 is 0 Å². The molecule has 42 heavy (non-hydrogen) atoms. The number of hydrogen-bond donors (Lipinski definition) is 1. The van der Waals surface area contributed by atoms with Gasteiger partial charge in [-0.05, 0) is 62.0 Å². The minimum Gasteiger partial charge on any atom is -0.368 e. The highest BCUT2D eigenvalue weighted by molar-refractivity contribution is 5.97. The fourth-order valence-electron chi connectivity index (χ4n) is 6.51. The second kappa shape index (κ2) is 12.1. The van der Waals surface area contributed by atoms with Crippen molar-refractivity contribution in [2.45, 2.75) is 33.7 Å². The average Bonchev–Trinajstić information content (AvgIpc) is 2.98. The van der Waals surface area contributed by atoms with Gasteiger partial charge in [-0.15, -0.1) is 0 Å². The Bertz CT molecular complexity index is 1480. The lowest BCUT2D eigenvalue weighted by Crippen LogP contribution is -2.49. The van der Waals surface area contributed by atoms with E-state index >= 15 is 0 Å². The Morgan fingerprint density at radius 1 is 1.02 bits per heavy atom. The topological polar surface area (TPSA) is 72.0 Å². The molecule has 2 amide bonds. The molecule has 0 atom stereocenters. The molecule has 0 radical (unpaired) electrons. The first-order valence-electron chi connectivity index (χ1n) is 14.9. The van der Waals surface area contributed by atoms with Crippen molar-refractivity contribution < 1.29 is 9.59 Å². The van der Waals surface area contributed by atoms with Crippen LogP contribution in [0.25, 0.3) is 10.8 Å². The van der Waals surface area contributed by atoms with Gasteiger partial charge in [-0.3, -0.25) is 9.59 Å². The summed E-state index contributed by atoms with van der Waals surface area (Å²) in [5.74, 6) is -0.183. The zero-order valence-corrected chi connectivity index (χ0v) is 25.7. The summed E-state index contributed by atoms with van der Waals surface area (Å²) < 4.78 is 0. The highest BCUT2D eigenvalue weighted by Crippen LogP contribution is 2.35. The number of pyridine rings is 1. The van der Waals surface area contributed by atoms with E-state index < -0.39 is 0 Å². The van der Waals surface area contributed by atoms with Crippen molar-refractivity contribution in [3.05, 3.63) is 77.6 Å². The smallest absolute Gasteiger partial charge is 0.269 e. The monoisotopic (exact) mass is 568 g/mol. The van der Waals surface area contributed by atoms with E-state index in [2.05, 4.69) is 83.8 Å². The van der Waals surface area contributed by atoms with Gasteiger partial charge in [0.25, 0.3) is 5.91 Å². The molecule has 5 rings (SSSR count). The van der Waals surface area contributed by atoms with Crippen LogP contribution in [0, 0.1) is 12.3 Å². The van der Waals surface area contributed by atoms with Crippen molar-refractivity contribution in [3.8, 4) is 0 Å². The molecule has 1 saturated heterocycles. The third-order valence-electron chi connectivity index (χ3n) is 8.40. The molecule has 8 heteroatoms. The largest absolute Gasteiger partial charge is 0.368 e. The Labute approximate surface area is 250 Å². The van der Waals surface area contributed by atoms with E-state index in [0.29, 0.717) is 45.0 Å². The summed E-state index contributed by atoms with van der Waals surface area (Å²) in [7, 11) is 4.10. The molecule has 2 aliphatic rings. The van der Waals surface area contributed by atoms with Crippen LogP contribution in [0.1, 0.15) is 41.2 Å². The van der Waals surface area contributed by atoms with Crippen molar-refractivity contribution >= 4 is 34.0 Å². The molecule has 8 nitrogen and oxygen atoms in total. The molecule has 1 fully saturated rings. The van der Waals surface area contributed by atoms with Gasteiger partial charge in [-0.1, -0.05) is 50.8 Å². The molecule has 0 aliphatic carbocycles. The van der Waals surface area contributed by atoms with Crippen LogP contribution < -0.4 is 15.1 Å². The Hall–Kier alpha value is -3.91. The zero-order chi connectivity index (χ0) is 30.0. The number of carbonyl (C=O) groups is 2. The van der Waals surface area contributed by atoms with Crippen LogP contribution in [0.4, 0.5) is 11.4 Å². The minimum atomic E-state index is -0.149. The first kappa shape index (κ1) is 29.6. The minimum absolute atomic E-state index is 0.0344. The van der Waals surface area contributed by atoms with Gasteiger partial charge in [-0.25, -0.2) is 4.98 Å². The first-order chi connectivity index (χ1) is 20.1. The predicted molar refractivity (Wildman–Crippen MR) is 171 cm³/mol. The second-order valence-corrected chi connectivity index (χ2v) is 12.7. The third kappa shape index (κ3) is 6.28. The molecule has 0 unspecified atom stereocenters. The van der Waals surface area contributed by atoms with Gasteiger partial charge in [0.15, 0.2) is 0 Å². The Morgan fingerprint density at radius 3 is 2.43 bits per heavy atom. The van der Waals surface area contributed by atoms with Gasteiger partial charge in [0.2, 0.25) is 5.91 Å². The molecule has 222 valence electrons. The Balaban J connectivity index is 1.47. The third-order valence-corrected chi connectivity index (χ3v) is 8.40. The van der Waals surface area contributed by atoms with Gasteiger partial charge >= 0.3 is 0 Å². The number of anilines is 2. The summed E-state index contributed by atoms with van der Waals surface area (Å²) in [4.78, 5) is 39.5. The zero-order valence-electron chi connectivity index (χ0n) is 25.7. The van der Waals surface area contributed by atoms with E-state index in [9.17, 15) is 9.59 Å². The number of fused-ring (bicyclic) bond motifs is 2. The van der Waals surface area contributed by atoms with Gasteiger partial charge < -0.3 is 24.9 Å². The molecule has 0 bridgehead atoms. The van der Waals surface area contributed by atoms with Crippen LogP contribution in [0.15, 0.2) is 55.1 Å². The number of benzene rings is 2. The maximum Gasteiger partial charge on any atom is 0.269 e. The van der Waals surface area contributed by atoms with E-state index in [1.54, 1.807) is 0 Å². The highest BCUT2D eigenvalue weighted by atomic mass is 16.2. The SMILES string of the molecule is C=CC(=O)N1CCN(c2cc(C(=O)NCC(C)(C)CN(C)C)nc3c2CCN(c2cccc4cccc(C)c24)C3)CC1. The van der Waals surface area contributed by atoms with Crippen LogP contribution in [-0.2, 0) is 17.8 Å². The van der Waals surface area contributed by atoms with E-state index in [1.165, 1.54) is 33.7 Å². The number of amides is 2. The molecule has 2 aliphatic heterocycles. The number of nitrogens with one attached hydrogen (secondary N) is 1. The van der Waals surface area contributed by atoms with E-state index in [-0.39, 0.29) is 17.2 Å². The number of hydrogen-bond acceptors (Lipinski definition) is 6. The lowest BCUT2D eigenvalue weighted by Gasteiger charge is -2.39. The average molecular weight is 569 g/mol. The van der Waals surface area contributed by atoms with E-state index in [0.717, 1.165) is 30.9 Å². The summed E-state index contributed by atoms with van der Waals surface area (Å²) in [5, 5.41) is 5.66. The number of carbonyl (C=O) groups excluding carboxylic acids is 2. The summed E-state index contributed by atoms with van der Waals surface area (Å²) in [5.41, 5.74) is 6.05. The summed E-state index contributed by atoms with van der Waals surface area (Å²) in [6.45, 7) is 15.7.